The van der Waals surface area contributed by atoms with E-state index in [1.807, 2.05) is 0 Å². The van der Waals surface area contributed by atoms with Gasteiger partial charge in [0.25, 0.3) is 0 Å². The Morgan fingerprint density at radius 3 is 1.58 bits per heavy atom. The van der Waals surface area contributed by atoms with Crippen LogP contribution in [0.2, 0.25) is 0 Å². The van der Waals surface area contributed by atoms with E-state index < -0.39 is 11.4 Å². The van der Waals surface area contributed by atoms with Crippen molar-refractivity contribution >= 4 is 17.5 Å². The van der Waals surface area contributed by atoms with Gasteiger partial charge in [-0.2, -0.15) is 0 Å². The second kappa shape index (κ2) is 9.66. The van der Waals surface area contributed by atoms with E-state index in [2.05, 4.69) is 0 Å². The van der Waals surface area contributed by atoms with Crippen molar-refractivity contribution in [1.82, 2.24) is 0 Å². The first-order valence-electron chi connectivity index (χ1n) is 10.7. The molecule has 26 heavy (non-hydrogen) atoms. The quantitative estimate of drug-likeness (QED) is 0.466. The summed E-state index contributed by atoms with van der Waals surface area (Å²) in [6.45, 7) is 1.73. The summed E-state index contributed by atoms with van der Waals surface area (Å²) in [6, 6.07) is 0. The van der Waals surface area contributed by atoms with Gasteiger partial charge in [0.2, 0.25) is 0 Å². The molecule has 4 heteroatoms. The second-order valence-corrected chi connectivity index (χ2v) is 8.79. The number of unbranched alkanes of at least 4 members (excludes halogenated alkanes) is 2. The lowest BCUT2D eigenvalue weighted by Gasteiger charge is -2.25. The monoisotopic (exact) mass is 364 g/mol. The Labute approximate surface area is 158 Å². The van der Waals surface area contributed by atoms with Crippen LogP contribution in [0.1, 0.15) is 110 Å². The van der Waals surface area contributed by atoms with Crippen molar-refractivity contribution in [2.24, 2.45) is 10.8 Å². The third-order valence-corrected chi connectivity index (χ3v) is 7.04. The summed E-state index contributed by atoms with van der Waals surface area (Å²) in [7, 11) is 0. The van der Waals surface area contributed by atoms with Crippen molar-refractivity contribution < 1.29 is 19.5 Å². The van der Waals surface area contributed by atoms with E-state index in [-0.39, 0.29) is 5.41 Å². The van der Waals surface area contributed by atoms with Gasteiger partial charge >= 0.3 is 5.97 Å². The minimum absolute atomic E-state index is 0.0878. The number of carboxylic acids is 1. The maximum Gasteiger partial charge on any atom is 0.309 e. The maximum absolute atomic E-state index is 12.1. The molecule has 2 rings (SSSR count). The normalized spacial score (nSPS) is 21.0. The first kappa shape index (κ1) is 21.1. The van der Waals surface area contributed by atoms with E-state index in [1.165, 1.54) is 0 Å². The Hall–Kier alpha value is -1.19. The number of hydrogen-bond donors (Lipinski definition) is 1. The molecule has 0 unspecified atom stereocenters. The summed E-state index contributed by atoms with van der Waals surface area (Å²) in [5.41, 5.74) is -0.596. The smallest absolute Gasteiger partial charge is 0.309 e. The van der Waals surface area contributed by atoms with E-state index in [0.29, 0.717) is 24.4 Å². The fourth-order valence-electron chi connectivity index (χ4n) is 5.15. The van der Waals surface area contributed by atoms with Crippen molar-refractivity contribution in [1.29, 1.82) is 0 Å². The van der Waals surface area contributed by atoms with Crippen LogP contribution in [-0.2, 0) is 14.4 Å². The van der Waals surface area contributed by atoms with Gasteiger partial charge in [0.1, 0.15) is 11.6 Å². The van der Waals surface area contributed by atoms with Crippen molar-refractivity contribution in [2.45, 2.75) is 110 Å². The third-order valence-electron chi connectivity index (χ3n) is 7.04. The van der Waals surface area contributed by atoms with Crippen molar-refractivity contribution in [3.8, 4) is 0 Å². The summed E-state index contributed by atoms with van der Waals surface area (Å²) in [5.74, 6) is -0.0164. The first-order valence-corrected chi connectivity index (χ1v) is 10.7. The Morgan fingerprint density at radius 2 is 1.15 bits per heavy atom. The number of ketones is 2. The second-order valence-electron chi connectivity index (χ2n) is 8.79. The molecular weight excluding hydrogens is 328 g/mol. The number of carbonyl (C=O) groups excluding carboxylic acids is 2. The molecule has 2 aliphatic carbocycles. The third kappa shape index (κ3) is 5.40. The average Bonchev–Trinajstić information content (AvgIpc) is 3.26. The maximum atomic E-state index is 12.1. The van der Waals surface area contributed by atoms with Crippen molar-refractivity contribution in [3.63, 3.8) is 0 Å². The largest absolute Gasteiger partial charge is 0.481 e. The van der Waals surface area contributed by atoms with E-state index in [0.717, 1.165) is 89.9 Å². The number of carboxylic acid groups (broad SMARTS) is 1. The number of aliphatic carboxylic acids is 1. The highest BCUT2D eigenvalue weighted by Crippen LogP contribution is 2.43. The molecule has 0 aromatic rings. The molecule has 2 saturated carbocycles. The molecule has 148 valence electrons. The van der Waals surface area contributed by atoms with Crippen LogP contribution in [0.5, 0.6) is 0 Å². The van der Waals surface area contributed by atoms with Crippen LogP contribution in [0, 0.1) is 10.8 Å². The minimum Gasteiger partial charge on any atom is -0.481 e. The van der Waals surface area contributed by atoms with Gasteiger partial charge in [0.05, 0.1) is 5.41 Å². The predicted octanol–water partition coefficient (Wildman–Crippen LogP) is 5.47. The van der Waals surface area contributed by atoms with E-state index in [4.69, 9.17) is 0 Å². The van der Waals surface area contributed by atoms with Gasteiger partial charge in [0, 0.05) is 18.3 Å². The molecule has 0 heterocycles. The molecule has 0 aliphatic heterocycles. The summed E-state index contributed by atoms with van der Waals surface area (Å²) >= 11 is 0. The van der Waals surface area contributed by atoms with Crippen LogP contribution in [0.25, 0.3) is 0 Å². The summed E-state index contributed by atoms with van der Waals surface area (Å²) in [5, 5.41) is 9.47. The van der Waals surface area contributed by atoms with Crippen LogP contribution < -0.4 is 0 Å². The molecule has 0 radical (unpaired) electrons. The SMILES string of the molecule is CC(=O)C1(CCCCC(=O)CCCCC2(C(=O)O)CCCC2)CCCC1. The Kier molecular flexibility index (Phi) is 7.85. The molecule has 0 saturated heterocycles. The zero-order chi connectivity index (χ0) is 19.0. The van der Waals surface area contributed by atoms with Crippen LogP contribution in [0.3, 0.4) is 0 Å². The summed E-state index contributed by atoms with van der Waals surface area (Å²) in [6.07, 6.45) is 14.4. The molecule has 1 N–H and O–H groups in total. The summed E-state index contributed by atoms with van der Waals surface area (Å²) < 4.78 is 0. The van der Waals surface area contributed by atoms with Gasteiger partial charge in [-0.1, -0.05) is 38.5 Å². The van der Waals surface area contributed by atoms with E-state index >= 15 is 0 Å². The number of carbonyl (C=O) groups is 3. The standard InChI is InChI=1S/C22H36O4/c1-18(23)21(13-6-7-14-21)12-4-2-10-19(24)11-3-5-15-22(20(25)26)16-8-9-17-22/h2-17H2,1H3,(H,25,26). The Morgan fingerprint density at radius 1 is 0.731 bits per heavy atom. The highest BCUT2D eigenvalue weighted by Gasteiger charge is 2.40. The fourth-order valence-corrected chi connectivity index (χ4v) is 5.15. The predicted molar refractivity (Wildman–Crippen MR) is 102 cm³/mol. The number of rotatable bonds is 12. The Balaban J connectivity index is 1.58. The lowest BCUT2D eigenvalue weighted by atomic mass is 9.77. The van der Waals surface area contributed by atoms with Crippen molar-refractivity contribution in [2.75, 3.05) is 0 Å². The molecule has 0 bridgehead atoms. The lowest BCUT2D eigenvalue weighted by Crippen LogP contribution is -2.27. The van der Waals surface area contributed by atoms with E-state index in [9.17, 15) is 19.5 Å². The van der Waals surface area contributed by atoms with Crippen molar-refractivity contribution in [3.05, 3.63) is 0 Å². The molecule has 4 nitrogen and oxygen atoms in total. The lowest BCUT2D eigenvalue weighted by molar-refractivity contribution is -0.149. The first-order chi connectivity index (χ1) is 12.4. The molecule has 0 aromatic carbocycles. The number of Topliss-reactive ketones (excluding diaryl/α,β-unsaturated/α-hetero) is 2. The fraction of sp³-hybridized carbons (Fsp3) is 0.864. The summed E-state index contributed by atoms with van der Waals surface area (Å²) in [4.78, 5) is 35.5. The average molecular weight is 365 g/mol. The molecule has 0 aromatic heterocycles. The highest BCUT2D eigenvalue weighted by molar-refractivity contribution is 5.82. The van der Waals surface area contributed by atoms with Crippen LogP contribution in [0.4, 0.5) is 0 Å². The van der Waals surface area contributed by atoms with Gasteiger partial charge in [-0.3, -0.25) is 14.4 Å². The number of hydrogen-bond acceptors (Lipinski definition) is 3. The zero-order valence-corrected chi connectivity index (χ0v) is 16.5. The highest BCUT2D eigenvalue weighted by atomic mass is 16.4. The van der Waals surface area contributed by atoms with Crippen LogP contribution >= 0.6 is 0 Å². The zero-order valence-electron chi connectivity index (χ0n) is 16.5. The molecule has 0 atom stereocenters. The molecule has 0 spiro atoms. The Bertz CT molecular complexity index is 452. The van der Waals surface area contributed by atoms with Gasteiger partial charge in [-0.25, -0.2) is 0 Å². The van der Waals surface area contributed by atoms with E-state index in [1.54, 1.807) is 6.92 Å². The van der Waals surface area contributed by atoms with Gasteiger partial charge < -0.3 is 5.11 Å². The van der Waals surface area contributed by atoms with Gasteiger partial charge in [-0.05, 0) is 58.3 Å². The van der Waals surface area contributed by atoms with Crippen LogP contribution in [-0.4, -0.2) is 22.6 Å². The minimum atomic E-state index is -0.646. The van der Waals surface area contributed by atoms with Crippen LogP contribution in [0.15, 0.2) is 0 Å². The molecule has 2 fully saturated rings. The van der Waals surface area contributed by atoms with Gasteiger partial charge in [0.15, 0.2) is 0 Å². The molecule has 2 aliphatic rings. The molecular formula is C22H36O4. The molecule has 0 amide bonds. The topological polar surface area (TPSA) is 71.4 Å². The van der Waals surface area contributed by atoms with Gasteiger partial charge in [-0.15, -0.1) is 0 Å².